The Morgan fingerprint density at radius 3 is 2.41 bits per heavy atom. The predicted molar refractivity (Wildman–Crippen MR) is 68.3 cm³/mol. The summed E-state index contributed by atoms with van der Waals surface area (Å²) in [6.45, 7) is 4.20. The largest absolute Gasteiger partial charge is 0.275 e. The van der Waals surface area contributed by atoms with Gasteiger partial charge in [-0.3, -0.25) is 10.5 Å². The van der Waals surface area contributed by atoms with E-state index in [1.807, 2.05) is 19.4 Å². The van der Waals surface area contributed by atoms with Crippen molar-refractivity contribution >= 4 is 0 Å². The second kappa shape index (κ2) is 4.69. The van der Waals surface area contributed by atoms with Crippen LogP contribution < -0.4 is 11.3 Å². The van der Waals surface area contributed by atoms with Gasteiger partial charge in [0.2, 0.25) is 0 Å². The molecule has 0 spiro atoms. The molecule has 0 aliphatic carbocycles. The van der Waals surface area contributed by atoms with Crippen LogP contribution in [0.4, 0.5) is 0 Å². The standard InChI is InChI=1S/C13H18N4/c1-9-5-4-6-10(2)12(9)13(16-14)11-7-15-17(3)8-11/h4-8,13,16H,14H2,1-3H3. The van der Waals surface area contributed by atoms with Crippen molar-refractivity contribution < 1.29 is 0 Å². The van der Waals surface area contributed by atoms with Crippen molar-refractivity contribution in [3.05, 3.63) is 52.8 Å². The monoisotopic (exact) mass is 230 g/mol. The van der Waals surface area contributed by atoms with Crippen LogP contribution in [0.5, 0.6) is 0 Å². The molecule has 0 aliphatic heterocycles. The summed E-state index contributed by atoms with van der Waals surface area (Å²) in [5.41, 5.74) is 7.64. The molecule has 0 saturated heterocycles. The summed E-state index contributed by atoms with van der Waals surface area (Å²) in [7, 11) is 1.90. The minimum atomic E-state index is -0.00935. The van der Waals surface area contributed by atoms with E-state index in [2.05, 4.69) is 42.6 Å². The lowest BCUT2D eigenvalue weighted by molar-refractivity contribution is 0.629. The number of rotatable bonds is 3. The van der Waals surface area contributed by atoms with Crippen LogP contribution in [0.1, 0.15) is 28.3 Å². The van der Waals surface area contributed by atoms with Gasteiger partial charge in [-0.25, -0.2) is 5.43 Å². The lowest BCUT2D eigenvalue weighted by Gasteiger charge is -2.19. The number of nitrogens with two attached hydrogens (primary N) is 1. The molecule has 1 heterocycles. The Hall–Kier alpha value is -1.65. The molecule has 0 fully saturated rings. The van der Waals surface area contributed by atoms with Gasteiger partial charge < -0.3 is 0 Å². The van der Waals surface area contributed by atoms with Crippen LogP contribution >= 0.6 is 0 Å². The van der Waals surface area contributed by atoms with E-state index in [1.54, 1.807) is 4.68 Å². The fraction of sp³-hybridized carbons (Fsp3) is 0.308. The van der Waals surface area contributed by atoms with Gasteiger partial charge in [-0.05, 0) is 30.5 Å². The van der Waals surface area contributed by atoms with Crippen molar-refractivity contribution in [2.75, 3.05) is 0 Å². The van der Waals surface area contributed by atoms with E-state index in [-0.39, 0.29) is 6.04 Å². The average molecular weight is 230 g/mol. The maximum atomic E-state index is 5.70. The van der Waals surface area contributed by atoms with Crippen molar-refractivity contribution in [3.8, 4) is 0 Å². The maximum absolute atomic E-state index is 5.70. The van der Waals surface area contributed by atoms with Gasteiger partial charge in [-0.1, -0.05) is 18.2 Å². The third-order valence-corrected chi connectivity index (χ3v) is 3.06. The molecule has 1 atom stereocenters. The maximum Gasteiger partial charge on any atom is 0.0745 e. The van der Waals surface area contributed by atoms with E-state index in [0.717, 1.165) is 5.56 Å². The molecule has 0 bridgehead atoms. The van der Waals surface area contributed by atoms with Gasteiger partial charge in [-0.15, -0.1) is 0 Å². The number of benzene rings is 1. The Kier molecular flexibility index (Phi) is 3.26. The molecule has 0 amide bonds. The SMILES string of the molecule is Cc1cccc(C)c1C(NN)c1cnn(C)c1. The third-order valence-electron chi connectivity index (χ3n) is 3.06. The Labute approximate surface area is 101 Å². The Morgan fingerprint density at radius 2 is 1.94 bits per heavy atom. The molecule has 0 aliphatic rings. The molecule has 17 heavy (non-hydrogen) atoms. The lowest BCUT2D eigenvalue weighted by atomic mass is 9.93. The van der Waals surface area contributed by atoms with Gasteiger partial charge in [0.25, 0.3) is 0 Å². The zero-order valence-corrected chi connectivity index (χ0v) is 10.4. The predicted octanol–water partition coefficient (Wildman–Crippen LogP) is 1.59. The van der Waals surface area contributed by atoms with Gasteiger partial charge in [0.1, 0.15) is 0 Å². The lowest BCUT2D eigenvalue weighted by Crippen LogP contribution is -2.29. The highest BCUT2D eigenvalue weighted by atomic mass is 15.3. The fourth-order valence-corrected chi connectivity index (χ4v) is 2.22. The number of nitrogens with zero attached hydrogens (tertiary/aromatic N) is 2. The average Bonchev–Trinajstić information content (AvgIpc) is 2.70. The number of hydrazine groups is 1. The highest BCUT2D eigenvalue weighted by Gasteiger charge is 2.17. The van der Waals surface area contributed by atoms with Crippen molar-refractivity contribution in [2.24, 2.45) is 12.9 Å². The topological polar surface area (TPSA) is 55.9 Å². The minimum Gasteiger partial charge on any atom is -0.275 e. The van der Waals surface area contributed by atoms with Gasteiger partial charge in [-0.2, -0.15) is 5.10 Å². The second-order valence-corrected chi connectivity index (χ2v) is 4.35. The molecule has 1 aromatic heterocycles. The molecule has 0 saturated carbocycles. The first-order chi connectivity index (χ1) is 8.13. The molecule has 4 nitrogen and oxygen atoms in total. The smallest absolute Gasteiger partial charge is 0.0745 e. The highest BCUT2D eigenvalue weighted by Crippen LogP contribution is 2.26. The van der Waals surface area contributed by atoms with Crippen molar-refractivity contribution in [1.29, 1.82) is 0 Å². The van der Waals surface area contributed by atoms with Gasteiger partial charge >= 0.3 is 0 Å². The fourth-order valence-electron chi connectivity index (χ4n) is 2.22. The summed E-state index contributed by atoms with van der Waals surface area (Å²) in [4.78, 5) is 0. The van der Waals surface area contributed by atoms with Gasteiger partial charge in [0, 0.05) is 18.8 Å². The summed E-state index contributed by atoms with van der Waals surface area (Å²) in [6.07, 6.45) is 3.83. The molecule has 2 rings (SSSR count). The molecule has 0 radical (unpaired) electrons. The second-order valence-electron chi connectivity index (χ2n) is 4.35. The summed E-state index contributed by atoms with van der Waals surface area (Å²) >= 11 is 0. The van der Waals surface area contributed by atoms with Crippen molar-refractivity contribution in [2.45, 2.75) is 19.9 Å². The van der Waals surface area contributed by atoms with E-state index in [0.29, 0.717) is 0 Å². The Morgan fingerprint density at radius 1 is 1.29 bits per heavy atom. The first-order valence-electron chi connectivity index (χ1n) is 5.64. The Bertz CT molecular complexity index is 496. The molecule has 2 aromatic rings. The molecular weight excluding hydrogens is 212 g/mol. The van der Waals surface area contributed by atoms with Crippen molar-refractivity contribution in [3.63, 3.8) is 0 Å². The number of hydrogen-bond acceptors (Lipinski definition) is 3. The van der Waals surface area contributed by atoms with Crippen molar-refractivity contribution in [1.82, 2.24) is 15.2 Å². The quantitative estimate of drug-likeness (QED) is 0.622. The Balaban J connectivity index is 2.49. The van der Waals surface area contributed by atoms with Gasteiger partial charge in [0.05, 0.1) is 12.2 Å². The molecule has 1 unspecified atom stereocenters. The zero-order chi connectivity index (χ0) is 12.4. The normalized spacial score (nSPS) is 12.7. The van der Waals surface area contributed by atoms with Crippen LogP contribution in [0, 0.1) is 13.8 Å². The summed E-state index contributed by atoms with van der Waals surface area (Å²) < 4.78 is 1.78. The van der Waals surface area contributed by atoms with Crippen LogP contribution in [0.2, 0.25) is 0 Å². The number of aryl methyl sites for hydroxylation is 3. The highest BCUT2D eigenvalue weighted by molar-refractivity contribution is 5.40. The molecule has 3 N–H and O–H groups in total. The van der Waals surface area contributed by atoms with Crippen LogP contribution in [0.25, 0.3) is 0 Å². The first kappa shape index (κ1) is 11.8. The third kappa shape index (κ3) is 2.23. The molecule has 1 aromatic carbocycles. The van der Waals surface area contributed by atoms with E-state index in [9.17, 15) is 0 Å². The van der Waals surface area contributed by atoms with E-state index < -0.39 is 0 Å². The van der Waals surface area contributed by atoms with Crippen LogP contribution in [-0.4, -0.2) is 9.78 Å². The number of hydrogen-bond donors (Lipinski definition) is 2. The molecule has 4 heteroatoms. The molecular formula is C13H18N4. The summed E-state index contributed by atoms with van der Waals surface area (Å²) in [5.74, 6) is 5.70. The first-order valence-corrected chi connectivity index (χ1v) is 5.64. The van der Waals surface area contributed by atoms with E-state index in [4.69, 9.17) is 5.84 Å². The summed E-state index contributed by atoms with van der Waals surface area (Å²) in [5, 5.41) is 4.19. The molecule has 90 valence electrons. The van der Waals surface area contributed by atoms with Gasteiger partial charge in [0.15, 0.2) is 0 Å². The van der Waals surface area contributed by atoms with E-state index in [1.165, 1.54) is 16.7 Å². The van der Waals surface area contributed by atoms with Crippen LogP contribution in [-0.2, 0) is 7.05 Å². The number of nitrogens with one attached hydrogen (secondary N) is 1. The zero-order valence-electron chi connectivity index (χ0n) is 10.4. The van der Waals surface area contributed by atoms with E-state index >= 15 is 0 Å². The van der Waals surface area contributed by atoms with Crippen LogP contribution in [0.15, 0.2) is 30.6 Å². The minimum absolute atomic E-state index is 0.00935. The summed E-state index contributed by atoms with van der Waals surface area (Å²) in [6, 6.07) is 6.25. The number of aromatic nitrogens is 2. The van der Waals surface area contributed by atoms with Crippen LogP contribution in [0.3, 0.4) is 0 Å².